The summed E-state index contributed by atoms with van der Waals surface area (Å²) in [5, 5.41) is 0. The first-order valence-corrected chi connectivity index (χ1v) is 7.69. The fourth-order valence-electron chi connectivity index (χ4n) is 2.70. The average molecular weight is 305 g/mol. The first-order valence-electron chi connectivity index (χ1n) is 6.92. The fourth-order valence-corrected chi connectivity index (χ4v) is 3.55. The smallest absolute Gasteiger partial charge is 0.206 e. The van der Waals surface area contributed by atoms with Crippen molar-refractivity contribution in [2.24, 2.45) is 0 Å². The first-order chi connectivity index (χ1) is 10.7. The van der Waals surface area contributed by atoms with Crippen LogP contribution in [0.2, 0.25) is 0 Å². The molecular weight excluding hydrogens is 294 g/mol. The van der Waals surface area contributed by atoms with Gasteiger partial charge in [0.05, 0.1) is 11.3 Å². The number of fused-ring (bicyclic) bond motifs is 2. The molecule has 22 heavy (non-hydrogen) atoms. The number of hydrogen-bond acceptors (Lipinski definition) is 4. The minimum Gasteiger partial charge on any atom is -0.288 e. The fraction of sp³-hybridized carbons (Fsp3) is 0.0556. The molecule has 0 fully saturated rings. The predicted molar refractivity (Wildman–Crippen MR) is 85.6 cm³/mol. The van der Waals surface area contributed by atoms with Crippen LogP contribution in [0.1, 0.15) is 36.7 Å². The molecule has 0 unspecified atom stereocenters. The van der Waals surface area contributed by atoms with Gasteiger partial charge >= 0.3 is 0 Å². The van der Waals surface area contributed by atoms with Crippen molar-refractivity contribution in [2.75, 3.05) is 0 Å². The second-order valence-corrected chi connectivity index (χ2v) is 6.08. The summed E-state index contributed by atoms with van der Waals surface area (Å²) in [5.74, 6) is -0.226. The average Bonchev–Trinajstić information content (AvgIpc) is 2.99. The molecule has 1 aromatic heterocycles. The molecular formula is C18H11NO2S. The lowest BCUT2D eigenvalue weighted by Gasteiger charge is -2.14. The monoisotopic (exact) mass is 305 g/mol. The van der Waals surface area contributed by atoms with Crippen LogP contribution in [-0.2, 0) is 0 Å². The summed E-state index contributed by atoms with van der Waals surface area (Å²) in [6.45, 7) is 2.01. The van der Waals surface area contributed by atoms with Gasteiger partial charge in [0.1, 0.15) is 4.88 Å². The zero-order chi connectivity index (χ0) is 15.3. The summed E-state index contributed by atoms with van der Waals surface area (Å²) in [6.07, 6.45) is 0. The Hall–Kier alpha value is -2.59. The van der Waals surface area contributed by atoms with Gasteiger partial charge in [0.25, 0.3) is 0 Å². The Labute approximate surface area is 131 Å². The summed E-state index contributed by atoms with van der Waals surface area (Å²) < 4.78 is 4.38. The highest BCUT2D eigenvalue weighted by atomic mass is 32.1. The number of nitrogens with zero attached hydrogens (tertiary/aromatic N) is 1. The minimum atomic E-state index is -0.116. The van der Waals surface area contributed by atoms with E-state index in [1.165, 1.54) is 0 Å². The molecule has 0 N–H and O–H groups in total. The molecule has 1 aliphatic rings. The molecule has 0 aliphatic heterocycles. The Balaban J connectivity index is 1.94. The van der Waals surface area contributed by atoms with Gasteiger partial charge in [-0.1, -0.05) is 54.1 Å². The molecule has 1 heterocycles. The Kier molecular flexibility index (Phi) is 2.81. The van der Waals surface area contributed by atoms with E-state index in [4.69, 9.17) is 0 Å². The van der Waals surface area contributed by atoms with Crippen LogP contribution in [0.3, 0.4) is 0 Å². The summed E-state index contributed by atoms with van der Waals surface area (Å²) in [5.41, 5.74) is 3.99. The molecule has 4 rings (SSSR count). The second-order valence-electron chi connectivity index (χ2n) is 5.31. The first kappa shape index (κ1) is 13.1. The Morgan fingerprint density at radius 1 is 0.864 bits per heavy atom. The van der Waals surface area contributed by atoms with E-state index in [-0.39, 0.29) is 11.6 Å². The van der Waals surface area contributed by atoms with E-state index in [1.807, 2.05) is 31.2 Å². The van der Waals surface area contributed by atoms with Crippen molar-refractivity contribution in [3.8, 4) is 11.3 Å². The number of aromatic nitrogens is 1. The molecule has 0 atom stereocenters. The van der Waals surface area contributed by atoms with Gasteiger partial charge < -0.3 is 0 Å². The molecule has 0 amide bonds. The molecule has 0 radical (unpaired) electrons. The van der Waals surface area contributed by atoms with Crippen molar-refractivity contribution < 1.29 is 9.59 Å². The number of aryl methyl sites for hydroxylation is 1. The van der Waals surface area contributed by atoms with Crippen LogP contribution in [0, 0.1) is 6.92 Å². The molecule has 3 nitrogen and oxygen atoms in total. The number of rotatable bonds is 1. The minimum absolute atomic E-state index is 0.110. The maximum absolute atomic E-state index is 12.8. The molecule has 1 aliphatic carbocycles. The van der Waals surface area contributed by atoms with Gasteiger partial charge in [-0.2, -0.15) is 4.37 Å². The van der Waals surface area contributed by atoms with Crippen LogP contribution in [0.5, 0.6) is 0 Å². The Bertz CT molecular complexity index is 923. The standard InChI is InChI=1S/C18H11NO2S/c1-10-6-8-11(9-7-10)15-14-16(20)12-4-2-3-5-13(12)17(21)18(14)22-19-15/h2-9H,1H3. The lowest BCUT2D eigenvalue weighted by atomic mass is 9.87. The van der Waals surface area contributed by atoms with Gasteiger partial charge in [-0.25, -0.2) is 0 Å². The quantitative estimate of drug-likeness (QED) is 0.536. The summed E-state index contributed by atoms with van der Waals surface area (Å²) >= 11 is 1.11. The van der Waals surface area contributed by atoms with Gasteiger partial charge in [0.2, 0.25) is 5.78 Å². The van der Waals surface area contributed by atoms with Crippen molar-refractivity contribution in [1.82, 2.24) is 4.37 Å². The number of benzene rings is 2. The largest absolute Gasteiger partial charge is 0.288 e. The highest BCUT2D eigenvalue weighted by Crippen LogP contribution is 2.36. The number of carbonyl (C=O) groups is 2. The van der Waals surface area contributed by atoms with E-state index < -0.39 is 0 Å². The predicted octanol–water partition coefficient (Wildman–Crippen LogP) is 3.89. The van der Waals surface area contributed by atoms with Crippen molar-refractivity contribution in [3.63, 3.8) is 0 Å². The third-order valence-electron chi connectivity index (χ3n) is 3.87. The number of carbonyl (C=O) groups excluding carboxylic acids is 2. The van der Waals surface area contributed by atoms with Gasteiger partial charge in [0.15, 0.2) is 5.78 Å². The third-order valence-corrected chi connectivity index (χ3v) is 4.71. The van der Waals surface area contributed by atoms with Crippen LogP contribution in [0.4, 0.5) is 0 Å². The molecule has 0 saturated carbocycles. The number of hydrogen-bond donors (Lipinski definition) is 0. The molecule has 3 aromatic rings. The summed E-state index contributed by atoms with van der Waals surface area (Å²) in [7, 11) is 0. The molecule has 0 saturated heterocycles. The van der Waals surface area contributed by atoms with Gasteiger partial charge in [-0.3, -0.25) is 9.59 Å². The van der Waals surface area contributed by atoms with E-state index in [2.05, 4.69) is 4.37 Å². The third kappa shape index (κ3) is 1.77. The summed E-state index contributed by atoms with van der Waals surface area (Å²) in [4.78, 5) is 25.8. The maximum Gasteiger partial charge on any atom is 0.206 e. The van der Waals surface area contributed by atoms with Crippen LogP contribution in [0.25, 0.3) is 11.3 Å². The highest BCUT2D eigenvalue weighted by Gasteiger charge is 2.34. The van der Waals surface area contributed by atoms with E-state index in [9.17, 15) is 9.59 Å². The normalized spacial score (nSPS) is 13.0. The van der Waals surface area contributed by atoms with E-state index in [0.29, 0.717) is 27.3 Å². The van der Waals surface area contributed by atoms with E-state index >= 15 is 0 Å². The molecule has 0 bridgehead atoms. The maximum atomic E-state index is 12.8. The van der Waals surface area contributed by atoms with Gasteiger partial charge in [-0.15, -0.1) is 0 Å². The van der Waals surface area contributed by atoms with E-state index in [1.54, 1.807) is 24.3 Å². The van der Waals surface area contributed by atoms with Crippen LogP contribution < -0.4 is 0 Å². The van der Waals surface area contributed by atoms with E-state index in [0.717, 1.165) is 22.7 Å². The van der Waals surface area contributed by atoms with Crippen molar-refractivity contribution in [1.29, 1.82) is 0 Å². The van der Waals surface area contributed by atoms with Crippen molar-refractivity contribution in [2.45, 2.75) is 6.92 Å². The van der Waals surface area contributed by atoms with Crippen LogP contribution in [0.15, 0.2) is 48.5 Å². The summed E-state index contributed by atoms with van der Waals surface area (Å²) in [6, 6.07) is 14.8. The van der Waals surface area contributed by atoms with Crippen molar-refractivity contribution in [3.05, 3.63) is 75.7 Å². The second kappa shape index (κ2) is 4.71. The van der Waals surface area contributed by atoms with Crippen LogP contribution >= 0.6 is 11.5 Å². The molecule has 106 valence electrons. The lowest BCUT2D eigenvalue weighted by molar-refractivity contribution is 0.0983. The molecule has 2 aromatic carbocycles. The van der Waals surface area contributed by atoms with Crippen molar-refractivity contribution >= 4 is 23.1 Å². The Morgan fingerprint density at radius 3 is 2.18 bits per heavy atom. The van der Waals surface area contributed by atoms with Gasteiger partial charge in [-0.05, 0) is 18.5 Å². The SMILES string of the molecule is Cc1ccc(-c2nsc3c2C(=O)c2ccccc2C3=O)cc1. The Morgan fingerprint density at radius 2 is 1.50 bits per heavy atom. The molecule has 4 heteroatoms. The number of ketones is 2. The topological polar surface area (TPSA) is 47.0 Å². The highest BCUT2D eigenvalue weighted by molar-refractivity contribution is 7.09. The zero-order valence-electron chi connectivity index (χ0n) is 11.8. The van der Waals surface area contributed by atoms with Gasteiger partial charge in [0, 0.05) is 16.7 Å². The molecule has 0 spiro atoms. The van der Waals surface area contributed by atoms with Crippen LogP contribution in [-0.4, -0.2) is 15.9 Å². The lowest BCUT2D eigenvalue weighted by Crippen LogP contribution is -2.19. The zero-order valence-corrected chi connectivity index (χ0v) is 12.6.